The van der Waals surface area contributed by atoms with Gasteiger partial charge in [0.1, 0.15) is 31.0 Å². The summed E-state index contributed by atoms with van der Waals surface area (Å²) in [6.45, 7) is 2.03. The molecule has 1 aliphatic rings. The van der Waals surface area contributed by atoms with Crippen LogP contribution in [0.3, 0.4) is 0 Å². The van der Waals surface area contributed by atoms with Crippen molar-refractivity contribution in [1.82, 2.24) is 0 Å². The number of ether oxygens (including phenoxy) is 2. The second-order valence-corrected chi connectivity index (χ2v) is 8.81. The summed E-state index contributed by atoms with van der Waals surface area (Å²) < 4.78 is 10.2. The Balaban J connectivity index is 1.83. The van der Waals surface area contributed by atoms with Crippen LogP contribution in [0.2, 0.25) is 0 Å². The Labute approximate surface area is 183 Å². The second-order valence-electron chi connectivity index (χ2n) is 8.81. The highest BCUT2D eigenvalue weighted by Crippen LogP contribution is 2.18. The lowest BCUT2D eigenvalue weighted by molar-refractivity contribution is -0.151. The Morgan fingerprint density at radius 1 is 0.867 bits per heavy atom. The van der Waals surface area contributed by atoms with Gasteiger partial charge in [-0.05, 0) is 6.42 Å². The van der Waals surface area contributed by atoms with E-state index in [-0.39, 0.29) is 19.2 Å². The van der Waals surface area contributed by atoms with Crippen molar-refractivity contribution in [1.29, 1.82) is 0 Å². The molecule has 1 fully saturated rings. The molecule has 0 aromatic rings. The molecule has 0 saturated carbocycles. The van der Waals surface area contributed by atoms with Crippen LogP contribution in [0, 0.1) is 0 Å². The van der Waals surface area contributed by atoms with Crippen molar-refractivity contribution >= 4 is 5.97 Å². The highest BCUT2D eigenvalue weighted by molar-refractivity contribution is 5.69. The summed E-state index contributed by atoms with van der Waals surface area (Å²) in [5.41, 5.74) is 0. The van der Waals surface area contributed by atoms with Gasteiger partial charge in [0.05, 0.1) is 6.61 Å². The molecule has 1 saturated heterocycles. The molecule has 0 bridgehead atoms. The number of carbonyl (C=O) groups excluding carboxylic acids is 1. The number of carbonyl (C=O) groups is 1. The molecule has 6 nitrogen and oxygen atoms in total. The van der Waals surface area contributed by atoms with Gasteiger partial charge in [-0.25, -0.2) is 0 Å². The number of esters is 1. The van der Waals surface area contributed by atoms with E-state index in [9.17, 15) is 20.1 Å². The quantitative estimate of drug-likeness (QED) is 0.209. The highest BCUT2D eigenvalue weighted by Gasteiger charge is 2.39. The lowest BCUT2D eigenvalue weighted by Gasteiger charge is -2.20. The molecule has 0 aromatic heterocycles. The summed E-state index contributed by atoms with van der Waals surface area (Å²) in [7, 11) is 0. The first-order valence-electron chi connectivity index (χ1n) is 12.4. The molecule has 4 atom stereocenters. The van der Waals surface area contributed by atoms with Crippen molar-refractivity contribution in [3.8, 4) is 0 Å². The van der Waals surface area contributed by atoms with Crippen LogP contribution >= 0.6 is 0 Å². The zero-order chi connectivity index (χ0) is 22.0. The lowest BCUT2D eigenvalue weighted by Crippen LogP contribution is -2.41. The Kier molecular flexibility index (Phi) is 16.3. The molecule has 30 heavy (non-hydrogen) atoms. The molecule has 6 heteroatoms. The maximum atomic E-state index is 11.8. The first kappa shape index (κ1) is 27.3. The van der Waals surface area contributed by atoms with E-state index in [0.717, 1.165) is 19.3 Å². The van der Waals surface area contributed by atoms with E-state index in [1.807, 2.05) is 0 Å². The van der Waals surface area contributed by atoms with Gasteiger partial charge in [-0.15, -0.1) is 0 Å². The summed E-state index contributed by atoms with van der Waals surface area (Å²) in [5, 5.41) is 29.0. The fourth-order valence-electron chi connectivity index (χ4n) is 3.95. The number of unbranched alkanes of at least 4 members (excludes halogenated alkanes) is 14. The van der Waals surface area contributed by atoms with Gasteiger partial charge in [-0.1, -0.05) is 96.8 Å². The first-order valence-corrected chi connectivity index (χ1v) is 12.4. The normalized spacial score (nSPS) is 22.3. The SMILES string of the molecule is CCCCCCCCCCCCCCCCCC(=O)OCC(O)[C@H]1OC[C@@H](O)[C@@H]1O. The molecular formula is C24H46O6. The molecular weight excluding hydrogens is 384 g/mol. The summed E-state index contributed by atoms with van der Waals surface area (Å²) in [6, 6.07) is 0. The Bertz CT molecular complexity index is 417. The molecule has 1 rings (SSSR count). The van der Waals surface area contributed by atoms with Gasteiger partial charge in [-0.2, -0.15) is 0 Å². The van der Waals surface area contributed by atoms with E-state index in [4.69, 9.17) is 9.47 Å². The van der Waals surface area contributed by atoms with Gasteiger partial charge in [0.2, 0.25) is 0 Å². The Morgan fingerprint density at radius 2 is 1.33 bits per heavy atom. The number of hydrogen-bond donors (Lipinski definition) is 3. The fourth-order valence-corrected chi connectivity index (χ4v) is 3.95. The molecule has 0 aromatic carbocycles. The molecule has 0 spiro atoms. The van der Waals surface area contributed by atoms with Gasteiger partial charge in [0, 0.05) is 6.42 Å². The minimum absolute atomic E-state index is 0.0179. The van der Waals surface area contributed by atoms with Crippen LogP contribution in [0.5, 0.6) is 0 Å². The molecule has 1 unspecified atom stereocenters. The summed E-state index contributed by atoms with van der Waals surface area (Å²) in [4.78, 5) is 11.8. The third-order valence-corrected chi connectivity index (χ3v) is 5.97. The second kappa shape index (κ2) is 17.9. The van der Waals surface area contributed by atoms with Crippen LogP contribution < -0.4 is 0 Å². The van der Waals surface area contributed by atoms with Gasteiger partial charge < -0.3 is 24.8 Å². The smallest absolute Gasteiger partial charge is 0.305 e. The van der Waals surface area contributed by atoms with Crippen LogP contribution in [-0.2, 0) is 14.3 Å². The number of hydrogen-bond acceptors (Lipinski definition) is 6. The third-order valence-electron chi connectivity index (χ3n) is 5.97. The predicted octanol–water partition coefficient (Wildman–Crippen LogP) is 4.27. The molecule has 178 valence electrons. The van der Waals surface area contributed by atoms with Gasteiger partial charge in [-0.3, -0.25) is 4.79 Å². The molecule has 3 N–H and O–H groups in total. The molecule has 0 amide bonds. The maximum Gasteiger partial charge on any atom is 0.305 e. The summed E-state index contributed by atoms with van der Waals surface area (Å²) >= 11 is 0. The Morgan fingerprint density at radius 3 is 1.77 bits per heavy atom. The third kappa shape index (κ3) is 12.9. The minimum Gasteiger partial charge on any atom is -0.463 e. The number of aliphatic hydroxyl groups excluding tert-OH is 3. The van der Waals surface area contributed by atoms with Gasteiger partial charge in [0.15, 0.2) is 0 Å². The van der Waals surface area contributed by atoms with Gasteiger partial charge in [0.25, 0.3) is 0 Å². The number of aliphatic hydroxyl groups is 3. The zero-order valence-corrected chi connectivity index (χ0v) is 19.1. The van der Waals surface area contributed by atoms with E-state index in [1.54, 1.807) is 0 Å². The molecule has 1 aliphatic heterocycles. The monoisotopic (exact) mass is 430 g/mol. The Hall–Kier alpha value is -0.690. The summed E-state index contributed by atoms with van der Waals surface area (Å²) in [5.74, 6) is -0.336. The zero-order valence-electron chi connectivity index (χ0n) is 19.1. The van der Waals surface area contributed by atoms with E-state index in [0.29, 0.717) is 6.42 Å². The average molecular weight is 431 g/mol. The van der Waals surface area contributed by atoms with Crippen LogP contribution in [0.15, 0.2) is 0 Å². The topological polar surface area (TPSA) is 96.2 Å². The van der Waals surface area contributed by atoms with E-state index in [2.05, 4.69) is 6.92 Å². The van der Waals surface area contributed by atoms with E-state index >= 15 is 0 Å². The van der Waals surface area contributed by atoms with Crippen LogP contribution in [0.25, 0.3) is 0 Å². The van der Waals surface area contributed by atoms with Crippen LogP contribution in [0.4, 0.5) is 0 Å². The first-order chi connectivity index (χ1) is 14.6. The van der Waals surface area contributed by atoms with Crippen LogP contribution in [0.1, 0.15) is 110 Å². The minimum atomic E-state index is -1.14. The standard InChI is InChI=1S/C24H46O6/c1-2-3-4-5-6-7-8-9-10-11-12-13-14-15-16-17-22(27)29-19-21(26)24-23(28)20(25)18-30-24/h20-21,23-26,28H,2-19H2,1H3/t20-,21?,23+,24-/m1/s1. The fraction of sp³-hybridized carbons (Fsp3) is 0.958. The van der Waals surface area contributed by atoms with Crippen molar-refractivity contribution in [3.63, 3.8) is 0 Å². The van der Waals surface area contributed by atoms with Crippen molar-refractivity contribution in [3.05, 3.63) is 0 Å². The predicted molar refractivity (Wildman–Crippen MR) is 118 cm³/mol. The van der Waals surface area contributed by atoms with Gasteiger partial charge >= 0.3 is 5.97 Å². The highest BCUT2D eigenvalue weighted by atomic mass is 16.6. The number of rotatable bonds is 19. The maximum absolute atomic E-state index is 11.8. The molecule has 0 aliphatic carbocycles. The van der Waals surface area contributed by atoms with E-state index in [1.165, 1.54) is 77.0 Å². The molecule has 0 radical (unpaired) electrons. The lowest BCUT2D eigenvalue weighted by atomic mass is 10.0. The largest absolute Gasteiger partial charge is 0.463 e. The van der Waals surface area contributed by atoms with Crippen molar-refractivity contribution in [2.75, 3.05) is 13.2 Å². The summed E-state index contributed by atoms with van der Waals surface area (Å²) in [6.07, 6.45) is 15.4. The van der Waals surface area contributed by atoms with Crippen LogP contribution in [-0.4, -0.2) is 58.9 Å². The average Bonchev–Trinajstić information content (AvgIpc) is 3.07. The molecule has 1 heterocycles. The van der Waals surface area contributed by atoms with E-state index < -0.39 is 24.4 Å². The van der Waals surface area contributed by atoms with Crippen molar-refractivity contribution < 1.29 is 29.6 Å². The van der Waals surface area contributed by atoms with Crippen molar-refractivity contribution in [2.24, 2.45) is 0 Å². The van der Waals surface area contributed by atoms with Crippen molar-refractivity contribution in [2.45, 2.75) is 134 Å².